The lowest BCUT2D eigenvalue weighted by Crippen LogP contribution is -2.45. The van der Waals surface area contributed by atoms with Crippen molar-refractivity contribution < 1.29 is 4.74 Å². The summed E-state index contributed by atoms with van der Waals surface area (Å²) in [6.07, 6.45) is 2.41. The number of nitrogens with one attached hydrogen (secondary N) is 1. The van der Waals surface area contributed by atoms with E-state index in [2.05, 4.69) is 75.3 Å². The molecule has 2 unspecified atom stereocenters. The topological polar surface area (TPSA) is 53.0 Å². The molecule has 1 N–H and O–H groups in total. The molecule has 0 aliphatic carbocycles. The number of hydrogen-bond acceptors (Lipinski definition) is 4. The van der Waals surface area contributed by atoms with E-state index in [4.69, 9.17) is 4.74 Å². The Morgan fingerprint density at radius 1 is 1.14 bits per heavy atom. The summed E-state index contributed by atoms with van der Waals surface area (Å²) in [7, 11) is 3.86. The Bertz CT molecular complexity index is 759. The van der Waals surface area contributed by atoms with E-state index in [1.165, 1.54) is 5.56 Å². The molecule has 158 valence electrons. The first kappa shape index (κ1) is 23.4. The number of anilines is 1. The summed E-state index contributed by atoms with van der Waals surface area (Å²) >= 11 is 0. The van der Waals surface area contributed by atoms with Crippen molar-refractivity contribution in [2.75, 3.05) is 32.1 Å². The summed E-state index contributed by atoms with van der Waals surface area (Å²) in [6, 6.07) is 14.6. The van der Waals surface area contributed by atoms with Crippen LogP contribution in [-0.2, 0) is 17.8 Å². The molecule has 29 heavy (non-hydrogen) atoms. The first-order valence-electron chi connectivity index (χ1n) is 9.86. The number of guanidine groups is 1. The van der Waals surface area contributed by atoms with Crippen molar-refractivity contribution in [3.8, 4) is 0 Å². The number of rotatable bonds is 5. The number of aromatic nitrogens is 1. The van der Waals surface area contributed by atoms with Gasteiger partial charge in [-0.2, -0.15) is 0 Å². The van der Waals surface area contributed by atoms with Gasteiger partial charge in [0.25, 0.3) is 0 Å². The standard InChI is InChI=1S/C22H31N5O.HI/c1-17-14-27(15-18(2)28-17)21-11-10-20(12-24-21)13-25-22(23-3)26(4)16-19-8-6-5-7-9-19;/h5-12,17-18H,13-16H2,1-4H3,(H,23,25);1H. The third-order valence-electron chi connectivity index (χ3n) is 4.84. The van der Waals surface area contributed by atoms with Crippen molar-refractivity contribution in [2.45, 2.75) is 39.1 Å². The molecule has 0 amide bonds. The number of halogens is 1. The molecule has 1 aromatic carbocycles. The summed E-state index contributed by atoms with van der Waals surface area (Å²) in [4.78, 5) is 13.5. The predicted molar refractivity (Wildman–Crippen MR) is 130 cm³/mol. The molecule has 1 aliphatic heterocycles. The monoisotopic (exact) mass is 509 g/mol. The molecule has 0 bridgehead atoms. The Balaban J connectivity index is 0.00000300. The molecule has 6 nitrogen and oxygen atoms in total. The van der Waals surface area contributed by atoms with Crippen LogP contribution in [-0.4, -0.2) is 55.2 Å². The van der Waals surface area contributed by atoms with Crippen LogP contribution >= 0.6 is 24.0 Å². The van der Waals surface area contributed by atoms with Gasteiger partial charge in [-0.15, -0.1) is 24.0 Å². The van der Waals surface area contributed by atoms with Crippen LogP contribution in [0, 0.1) is 0 Å². The highest BCUT2D eigenvalue weighted by Crippen LogP contribution is 2.18. The van der Waals surface area contributed by atoms with Crippen LogP contribution < -0.4 is 10.2 Å². The van der Waals surface area contributed by atoms with Crippen LogP contribution in [0.15, 0.2) is 53.7 Å². The Hall–Kier alpha value is -1.87. The molecule has 1 aromatic heterocycles. The highest BCUT2D eigenvalue weighted by Gasteiger charge is 2.22. The maximum Gasteiger partial charge on any atom is 0.193 e. The molecule has 1 aliphatic rings. The van der Waals surface area contributed by atoms with Gasteiger partial charge >= 0.3 is 0 Å². The molecular formula is C22H32IN5O. The Labute approximate surface area is 191 Å². The average Bonchev–Trinajstić information content (AvgIpc) is 2.69. The largest absolute Gasteiger partial charge is 0.372 e. The maximum absolute atomic E-state index is 5.81. The van der Waals surface area contributed by atoms with E-state index in [1.807, 2.05) is 26.4 Å². The van der Waals surface area contributed by atoms with Gasteiger partial charge in [0.2, 0.25) is 0 Å². The normalized spacial score (nSPS) is 19.4. The van der Waals surface area contributed by atoms with Gasteiger partial charge in [-0.3, -0.25) is 4.99 Å². The number of morpholine rings is 1. The van der Waals surface area contributed by atoms with Gasteiger partial charge < -0.3 is 19.9 Å². The molecule has 1 fully saturated rings. The molecule has 3 rings (SSSR count). The second-order valence-corrected chi connectivity index (χ2v) is 7.43. The number of pyridine rings is 1. The van der Waals surface area contributed by atoms with Crippen LogP contribution in [0.3, 0.4) is 0 Å². The minimum atomic E-state index is 0. The lowest BCUT2D eigenvalue weighted by atomic mass is 10.2. The van der Waals surface area contributed by atoms with Crippen molar-refractivity contribution >= 4 is 35.8 Å². The minimum Gasteiger partial charge on any atom is -0.372 e. The molecule has 0 spiro atoms. The SMILES string of the molecule is CN=C(NCc1ccc(N2CC(C)OC(C)C2)nc1)N(C)Cc1ccccc1.I. The van der Waals surface area contributed by atoms with Crippen molar-refractivity contribution in [1.82, 2.24) is 15.2 Å². The molecule has 0 radical (unpaired) electrons. The molecule has 0 saturated carbocycles. The van der Waals surface area contributed by atoms with E-state index in [1.54, 1.807) is 0 Å². The third kappa shape index (κ3) is 6.85. The van der Waals surface area contributed by atoms with Crippen LogP contribution in [0.2, 0.25) is 0 Å². The summed E-state index contributed by atoms with van der Waals surface area (Å²) < 4.78 is 5.81. The number of aliphatic imine (C=N–C) groups is 1. The zero-order valence-corrected chi connectivity index (χ0v) is 20.0. The zero-order chi connectivity index (χ0) is 19.9. The fourth-order valence-corrected chi connectivity index (χ4v) is 3.57. The van der Waals surface area contributed by atoms with Gasteiger partial charge in [-0.05, 0) is 31.0 Å². The molecule has 7 heteroatoms. The van der Waals surface area contributed by atoms with Crippen molar-refractivity contribution in [3.63, 3.8) is 0 Å². The zero-order valence-electron chi connectivity index (χ0n) is 17.7. The van der Waals surface area contributed by atoms with Crippen LogP contribution in [0.5, 0.6) is 0 Å². The van der Waals surface area contributed by atoms with Crippen LogP contribution in [0.4, 0.5) is 5.82 Å². The number of ether oxygens (including phenoxy) is 1. The number of hydrogen-bond donors (Lipinski definition) is 1. The van der Waals surface area contributed by atoms with E-state index in [9.17, 15) is 0 Å². The van der Waals surface area contributed by atoms with E-state index < -0.39 is 0 Å². The summed E-state index contributed by atoms with van der Waals surface area (Å²) in [5, 5.41) is 3.42. The number of benzene rings is 1. The summed E-state index contributed by atoms with van der Waals surface area (Å²) in [5.41, 5.74) is 2.39. The molecular weight excluding hydrogens is 477 g/mol. The second-order valence-electron chi connectivity index (χ2n) is 7.43. The fraction of sp³-hybridized carbons (Fsp3) is 0.455. The average molecular weight is 509 g/mol. The highest BCUT2D eigenvalue weighted by atomic mass is 127. The van der Waals surface area contributed by atoms with Crippen LogP contribution in [0.1, 0.15) is 25.0 Å². The van der Waals surface area contributed by atoms with Gasteiger partial charge in [0.05, 0.1) is 12.2 Å². The summed E-state index contributed by atoms with van der Waals surface area (Å²) in [5.74, 6) is 1.88. The van der Waals surface area contributed by atoms with Gasteiger partial charge in [0, 0.05) is 46.5 Å². The first-order chi connectivity index (χ1) is 13.5. The highest BCUT2D eigenvalue weighted by molar-refractivity contribution is 14.0. The van der Waals surface area contributed by atoms with Gasteiger partial charge in [0.15, 0.2) is 5.96 Å². The van der Waals surface area contributed by atoms with Crippen molar-refractivity contribution in [2.24, 2.45) is 4.99 Å². The predicted octanol–water partition coefficient (Wildman–Crippen LogP) is 3.52. The smallest absolute Gasteiger partial charge is 0.193 e. The van der Waals surface area contributed by atoms with Gasteiger partial charge in [-0.25, -0.2) is 4.98 Å². The van der Waals surface area contributed by atoms with E-state index in [0.717, 1.165) is 37.0 Å². The molecule has 1 saturated heterocycles. The quantitative estimate of drug-likeness (QED) is 0.380. The molecule has 2 aromatic rings. The fourth-order valence-electron chi connectivity index (χ4n) is 3.57. The molecule has 2 heterocycles. The summed E-state index contributed by atoms with van der Waals surface area (Å²) in [6.45, 7) is 7.48. The molecule has 2 atom stereocenters. The Morgan fingerprint density at radius 3 is 2.41 bits per heavy atom. The maximum atomic E-state index is 5.81. The number of nitrogens with zero attached hydrogens (tertiary/aromatic N) is 4. The Morgan fingerprint density at radius 2 is 1.83 bits per heavy atom. The Kier molecular flexibility index (Phi) is 9.16. The third-order valence-corrected chi connectivity index (χ3v) is 4.84. The minimum absolute atomic E-state index is 0. The van der Waals surface area contributed by atoms with Crippen LogP contribution in [0.25, 0.3) is 0 Å². The first-order valence-corrected chi connectivity index (χ1v) is 9.86. The van der Waals surface area contributed by atoms with Gasteiger partial charge in [-0.1, -0.05) is 36.4 Å². The van der Waals surface area contributed by atoms with E-state index >= 15 is 0 Å². The lowest BCUT2D eigenvalue weighted by Gasteiger charge is -2.36. The van der Waals surface area contributed by atoms with Crippen molar-refractivity contribution in [3.05, 3.63) is 59.8 Å². The van der Waals surface area contributed by atoms with E-state index in [0.29, 0.717) is 6.54 Å². The van der Waals surface area contributed by atoms with Gasteiger partial charge in [0.1, 0.15) is 5.82 Å². The van der Waals surface area contributed by atoms with E-state index in [-0.39, 0.29) is 36.2 Å². The lowest BCUT2D eigenvalue weighted by molar-refractivity contribution is -0.00545. The second kappa shape index (κ2) is 11.3. The van der Waals surface area contributed by atoms with Crippen molar-refractivity contribution in [1.29, 1.82) is 0 Å².